The minimum absolute atomic E-state index is 0.476. The first-order valence-corrected chi connectivity index (χ1v) is 10.8. The number of benzene rings is 4. The third-order valence-electron chi connectivity index (χ3n) is 5.38. The molecule has 1 atom stereocenters. The van der Waals surface area contributed by atoms with Gasteiger partial charge in [-0.3, -0.25) is 0 Å². The van der Waals surface area contributed by atoms with E-state index in [9.17, 15) is 0 Å². The molecule has 4 aromatic rings. The van der Waals surface area contributed by atoms with E-state index in [4.69, 9.17) is 4.84 Å². The molecule has 0 bridgehead atoms. The highest BCUT2D eigenvalue weighted by atomic mass is 32.2. The molecule has 5 rings (SSSR count). The summed E-state index contributed by atoms with van der Waals surface area (Å²) in [7, 11) is 0. The quantitative estimate of drug-likeness (QED) is 0.353. The average Bonchev–Trinajstić information content (AvgIpc) is 3.24. The van der Waals surface area contributed by atoms with Crippen molar-refractivity contribution in [3.63, 3.8) is 0 Å². The summed E-state index contributed by atoms with van der Waals surface area (Å²) in [5.74, 6) is 0.801. The summed E-state index contributed by atoms with van der Waals surface area (Å²) in [5, 5.41) is 7.00. The summed E-state index contributed by atoms with van der Waals surface area (Å²) in [5.41, 5.74) is 2.83. The molecular formula is C26H21NOS. The summed E-state index contributed by atoms with van der Waals surface area (Å²) >= 11 is 1.82. The normalized spacial score (nSPS) is 18.4. The fourth-order valence-electron chi connectivity index (χ4n) is 3.77. The molecule has 1 heterocycles. The zero-order valence-electron chi connectivity index (χ0n) is 16.0. The molecule has 0 saturated carbocycles. The van der Waals surface area contributed by atoms with Crippen molar-refractivity contribution in [2.24, 2.45) is 5.16 Å². The van der Waals surface area contributed by atoms with Crippen molar-refractivity contribution in [2.45, 2.75) is 16.9 Å². The van der Waals surface area contributed by atoms with Crippen molar-refractivity contribution in [1.29, 1.82) is 0 Å². The van der Waals surface area contributed by atoms with Crippen LogP contribution < -0.4 is 0 Å². The summed E-state index contributed by atoms with van der Waals surface area (Å²) in [6.07, 6.45) is 0.759. The Kier molecular flexibility index (Phi) is 4.82. The highest BCUT2D eigenvalue weighted by molar-refractivity contribution is 7.99. The van der Waals surface area contributed by atoms with Crippen molar-refractivity contribution in [3.05, 3.63) is 114 Å². The van der Waals surface area contributed by atoms with E-state index in [0.717, 1.165) is 23.4 Å². The SMILES string of the molecule is c1ccc(SC[C@@]2(c3ccc4ccccc4c3)CC(c3ccccc3)=NO2)cc1. The highest BCUT2D eigenvalue weighted by Crippen LogP contribution is 2.41. The van der Waals surface area contributed by atoms with E-state index >= 15 is 0 Å². The molecule has 0 aliphatic carbocycles. The van der Waals surface area contributed by atoms with E-state index in [2.05, 4.69) is 84.0 Å². The van der Waals surface area contributed by atoms with Crippen molar-refractivity contribution in [1.82, 2.24) is 0 Å². The molecule has 1 aliphatic rings. The topological polar surface area (TPSA) is 21.6 Å². The molecule has 0 fully saturated rings. The van der Waals surface area contributed by atoms with E-state index in [0.29, 0.717) is 0 Å². The lowest BCUT2D eigenvalue weighted by atomic mass is 9.87. The molecule has 1 aliphatic heterocycles. The van der Waals surface area contributed by atoms with E-state index in [1.807, 2.05) is 36.0 Å². The van der Waals surface area contributed by atoms with Gasteiger partial charge in [0.15, 0.2) is 5.60 Å². The van der Waals surface area contributed by atoms with Crippen molar-refractivity contribution < 1.29 is 4.84 Å². The second-order valence-corrected chi connectivity index (χ2v) is 8.38. The Morgan fingerprint density at radius 2 is 1.45 bits per heavy atom. The van der Waals surface area contributed by atoms with Crippen LogP contribution in [0.15, 0.2) is 113 Å². The van der Waals surface area contributed by atoms with E-state index in [-0.39, 0.29) is 0 Å². The van der Waals surface area contributed by atoms with E-state index < -0.39 is 5.60 Å². The zero-order chi connectivity index (χ0) is 19.5. The monoisotopic (exact) mass is 395 g/mol. The van der Waals surface area contributed by atoms with Gasteiger partial charge < -0.3 is 4.84 Å². The number of nitrogens with zero attached hydrogens (tertiary/aromatic N) is 1. The highest BCUT2D eigenvalue weighted by Gasteiger charge is 2.41. The van der Waals surface area contributed by atoms with Gasteiger partial charge in [-0.15, -0.1) is 11.8 Å². The van der Waals surface area contributed by atoms with Gasteiger partial charge in [-0.1, -0.05) is 90.1 Å². The van der Waals surface area contributed by atoms with Crippen LogP contribution in [0.4, 0.5) is 0 Å². The molecule has 0 aromatic heterocycles. The maximum Gasteiger partial charge on any atom is 0.177 e. The molecule has 0 saturated heterocycles. The van der Waals surface area contributed by atoms with Crippen molar-refractivity contribution >= 4 is 28.2 Å². The Morgan fingerprint density at radius 3 is 2.24 bits per heavy atom. The maximum absolute atomic E-state index is 6.23. The van der Waals surface area contributed by atoms with E-state index in [1.165, 1.54) is 21.2 Å². The number of hydrogen-bond donors (Lipinski definition) is 0. The van der Waals surface area contributed by atoms with Crippen molar-refractivity contribution in [2.75, 3.05) is 5.75 Å². The smallest absolute Gasteiger partial charge is 0.177 e. The molecular weight excluding hydrogens is 374 g/mol. The summed E-state index contributed by atoms with van der Waals surface area (Å²) in [6, 6.07) is 35.9. The first-order chi connectivity index (χ1) is 14.3. The molecule has 0 N–H and O–H groups in total. The Balaban J connectivity index is 1.50. The summed E-state index contributed by atoms with van der Waals surface area (Å²) in [4.78, 5) is 7.47. The number of rotatable bonds is 5. The van der Waals surface area contributed by atoms with Gasteiger partial charge in [-0.25, -0.2) is 0 Å². The lowest BCUT2D eigenvalue weighted by Gasteiger charge is -2.27. The van der Waals surface area contributed by atoms with Gasteiger partial charge in [0.1, 0.15) is 0 Å². The molecule has 2 nitrogen and oxygen atoms in total. The molecule has 0 unspecified atom stereocenters. The Morgan fingerprint density at radius 1 is 0.759 bits per heavy atom. The number of fused-ring (bicyclic) bond motifs is 1. The molecule has 0 radical (unpaired) electrons. The maximum atomic E-state index is 6.23. The number of oxime groups is 1. The van der Waals surface area contributed by atoms with Crippen LogP contribution in [0.2, 0.25) is 0 Å². The third-order valence-corrected chi connectivity index (χ3v) is 6.60. The standard InChI is InChI=1S/C26H21NOS/c1-3-10-21(11-4-1)25-18-26(28-27-25,19-29-24-13-5-2-6-14-24)23-16-15-20-9-7-8-12-22(20)17-23/h1-17H,18-19H2/t26-/m1/s1. The first-order valence-electron chi connectivity index (χ1n) is 9.80. The Hall–Kier alpha value is -3.04. The number of thioether (sulfide) groups is 1. The Bertz CT molecular complexity index is 1160. The summed E-state index contributed by atoms with van der Waals surface area (Å²) < 4.78 is 0. The van der Waals surface area contributed by atoms with E-state index in [1.54, 1.807) is 0 Å². The van der Waals surface area contributed by atoms with Crippen LogP contribution in [0.1, 0.15) is 17.5 Å². The fraction of sp³-hybridized carbons (Fsp3) is 0.115. The van der Waals surface area contributed by atoms with Crippen LogP contribution in [0.5, 0.6) is 0 Å². The van der Waals surface area contributed by atoms with Crippen LogP contribution in [0, 0.1) is 0 Å². The van der Waals surface area contributed by atoms with Crippen LogP contribution in [0.3, 0.4) is 0 Å². The third kappa shape index (κ3) is 3.66. The summed E-state index contributed by atoms with van der Waals surface area (Å²) in [6.45, 7) is 0. The van der Waals surface area contributed by atoms with Gasteiger partial charge in [0.25, 0.3) is 0 Å². The van der Waals surface area contributed by atoms with Crippen LogP contribution in [-0.2, 0) is 10.4 Å². The Labute approximate surface area is 175 Å². The molecule has 142 valence electrons. The second kappa shape index (κ2) is 7.76. The molecule has 3 heteroatoms. The van der Waals surface area contributed by atoms with Gasteiger partial charge in [0, 0.05) is 17.1 Å². The molecule has 0 amide bonds. The second-order valence-electron chi connectivity index (χ2n) is 7.33. The van der Waals surface area contributed by atoms with Crippen molar-refractivity contribution in [3.8, 4) is 0 Å². The van der Waals surface area contributed by atoms with Gasteiger partial charge in [-0.2, -0.15) is 0 Å². The van der Waals surface area contributed by atoms with Gasteiger partial charge in [0.05, 0.1) is 5.71 Å². The average molecular weight is 396 g/mol. The zero-order valence-corrected chi connectivity index (χ0v) is 16.8. The molecule has 0 spiro atoms. The fourth-order valence-corrected chi connectivity index (χ4v) is 4.84. The predicted molar refractivity (Wildman–Crippen MR) is 121 cm³/mol. The van der Waals surface area contributed by atoms with Crippen LogP contribution in [-0.4, -0.2) is 11.5 Å². The largest absolute Gasteiger partial charge is 0.383 e. The first kappa shape index (κ1) is 18.0. The van der Waals surface area contributed by atoms with Gasteiger partial charge in [0.2, 0.25) is 0 Å². The minimum Gasteiger partial charge on any atom is -0.383 e. The van der Waals surface area contributed by atoms with Gasteiger partial charge >= 0.3 is 0 Å². The van der Waals surface area contributed by atoms with Gasteiger partial charge in [-0.05, 0) is 40.1 Å². The lowest BCUT2D eigenvalue weighted by Crippen LogP contribution is -2.29. The lowest BCUT2D eigenvalue weighted by molar-refractivity contribution is -0.00308. The van der Waals surface area contributed by atoms with Crippen LogP contribution in [0.25, 0.3) is 10.8 Å². The molecule has 29 heavy (non-hydrogen) atoms. The number of hydrogen-bond acceptors (Lipinski definition) is 3. The molecule has 4 aromatic carbocycles. The van der Waals surface area contributed by atoms with Crippen LogP contribution >= 0.6 is 11.8 Å². The minimum atomic E-state index is -0.476. The predicted octanol–water partition coefficient (Wildman–Crippen LogP) is 6.65.